The summed E-state index contributed by atoms with van der Waals surface area (Å²) in [4.78, 5) is 43.5. The Kier molecular flexibility index (Phi) is 13.2. The number of unbranched alkanes of at least 4 members (excludes halogenated alkanes) is 4. The Morgan fingerprint density at radius 3 is 2.02 bits per heavy atom. The Morgan fingerprint density at radius 1 is 0.843 bits per heavy atom. The summed E-state index contributed by atoms with van der Waals surface area (Å²) in [5.41, 5.74) is 2.31. The third-order valence-corrected chi connectivity index (χ3v) is 10.6. The minimum atomic E-state index is -5.08. The number of anilines is 1. The van der Waals surface area contributed by atoms with Crippen LogP contribution >= 0.6 is 0 Å². The molecule has 9 nitrogen and oxygen atoms in total. The van der Waals surface area contributed by atoms with E-state index in [9.17, 15) is 22.8 Å². The lowest BCUT2D eigenvalue weighted by atomic mass is 9.96. The molecule has 0 aliphatic carbocycles. The molecule has 4 heterocycles. The maximum Gasteiger partial charge on any atom is 0.490 e. The van der Waals surface area contributed by atoms with E-state index >= 15 is 0 Å². The summed E-state index contributed by atoms with van der Waals surface area (Å²) in [6.45, 7) is 11.0. The monoisotopic (exact) mass is 711 g/mol. The highest BCUT2D eigenvalue weighted by molar-refractivity contribution is 5.97. The van der Waals surface area contributed by atoms with Crippen molar-refractivity contribution in [2.24, 2.45) is 0 Å². The first kappa shape index (κ1) is 38.3. The summed E-state index contributed by atoms with van der Waals surface area (Å²) in [5, 5.41) is 11.3. The first-order valence-electron chi connectivity index (χ1n) is 18.5. The van der Waals surface area contributed by atoms with Crippen LogP contribution < -0.4 is 15.8 Å². The van der Waals surface area contributed by atoms with Crippen LogP contribution in [0.25, 0.3) is 10.9 Å². The molecular weight excluding hydrogens is 659 g/mol. The molecule has 1 amide bonds. The van der Waals surface area contributed by atoms with Gasteiger partial charge in [0.15, 0.2) is 0 Å². The lowest BCUT2D eigenvalue weighted by Gasteiger charge is -2.39. The number of pyridine rings is 1. The predicted molar refractivity (Wildman–Crippen MR) is 194 cm³/mol. The van der Waals surface area contributed by atoms with Gasteiger partial charge in [0, 0.05) is 56.0 Å². The molecule has 6 rings (SSSR count). The van der Waals surface area contributed by atoms with E-state index in [0.717, 1.165) is 36.8 Å². The number of piperazine rings is 1. The zero-order valence-electron chi connectivity index (χ0n) is 29.8. The van der Waals surface area contributed by atoms with Crippen LogP contribution in [0.5, 0.6) is 0 Å². The summed E-state index contributed by atoms with van der Waals surface area (Å²) in [7, 11) is 0. The number of carboxylic acids is 1. The van der Waals surface area contributed by atoms with Gasteiger partial charge in [-0.15, -0.1) is 0 Å². The molecule has 278 valence electrons. The minimum absolute atomic E-state index is 0.0134. The van der Waals surface area contributed by atoms with Gasteiger partial charge in [-0.2, -0.15) is 13.2 Å². The van der Waals surface area contributed by atoms with Gasteiger partial charge in [0.2, 0.25) is 0 Å². The number of para-hydroxylation sites is 2. The fourth-order valence-corrected chi connectivity index (χ4v) is 8.01. The fourth-order valence-electron chi connectivity index (χ4n) is 8.01. The lowest BCUT2D eigenvalue weighted by molar-refractivity contribution is -0.192. The van der Waals surface area contributed by atoms with Crippen LogP contribution in [0.1, 0.15) is 88.0 Å². The highest BCUT2D eigenvalue weighted by Gasteiger charge is 2.41. The van der Waals surface area contributed by atoms with E-state index in [1.54, 1.807) is 10.6 Å². The summed E-state index contributed by atoms with van der Waals surface area (Å²) >= 11 is 0. The number of hydrogen-bond donors (Lipinski definition) is 2. The topological polar surface area (TPSA) is 98.1 Å². The van der Waals surface area contributed by atoms with Crippen LogP contribution in [0.4, 0.5) is 18.9 Å². The number of carbonyl (C=O) groups excluding carboxylic acids is 1. The minimum Gasteiger partial charge on any atom is -0.475 e. The van der Waals surface area contributed by atoms with Gasteiger partial charge in [-0.05, 0) is 95.1 Å². The van der Waals surface area contributed by atoms with E-state index in [4.69, 9.17) is 9.90 Å². The zero-order valence-corrected chi connectivity index (χ0v) is 29.8. The number of carboxylic acid groups (broad SMARTS) is 1. The van der Waals surface area contributed by atoms with Gasteiger partial charge in [-0.3, -0.25) is 19.4 Å². The van der Waals surface area contributed by atoms with Gasteiger partial charge in [-0.1, -0.05) is 55.7 Å². The molecule has 51 heavy (non-hydrogen) atoms. The number of hydrogen-bond acceptors (Lipinski definition) is 6. The van der Waals surface area contributed by atoms with Crippen LogP contribution in [-0.4, -0.2) is 94.9 Å². The number of alkyl halides is 3. The van der Waals surface area contributed by atoms with Crippen molar-refractivity contribution in [3.05, 3.63) is 76.6 Å². The largest absolute Gasteiger partial charge is 0.490 e. The highest BCUT2D eigenvalue weighted by Crippen LogP contribution is 2.36. The van der Waals surface area contributed by atoms with Crippen LogP contribution in [0.3, 0.4) is 0 Å². The first-order valence-corrected chi connectivity index (χ1v) is 18.5. The zero-order chi connectivity index (χ0) is 36.5. The van der Waals surface area contributed by atoms with Crippen molar-refractivity contribution in [2.45, 2.75) is 102 Å². The van der Waals surface area contributed by atoms with E-state index in [0.29, 0.717) is 12.1 Å². The maximum absolute atomic E-state index is 13.4. The second-order valence-electron chi connectivity index (χ2n) is 14.4. The summed E-state index contributed by atoms with van der Waals surface area (Å²) < 4.78 is 33.5. The number of carbonyl (C=O) groups is 2. The molecular formula is C39H52F3N5O4. The molecule has 3 fully saturated rings. The quantitative estimate of drug-likeness (QED) is 0.202. The maximum atomic E-state index is 13.4. The molecule has 3 aliphatic heterocycles. The normalized spacial score (nSPS) is 21.1. The second kappa shape index (κ2) is 17.5. The van der Waals surface area contributed by atoms with Crippen LogP contribution in [0, 0.1) is 0 Å². The van der Waals surface area contributed by atoms with Crippen molar-refractivity contribution in [3.63, 3.8) is 0 Å². The number of rotatable bonds is 12. The Bertz CT molecular complexity index is 1640. The SMILES string of the molecule is CC(C)n1c(=O)c(C(=O)NC2C[C@H]3CC[C@@H](C2)N3CCCCCCCN2CCN(c3ccccc3)CC2)cc2ccccc21.O=C(O)C(F)(F)F. The Morgan fingerprint density at radius 2 is 1.41 bits per heavy atom. The molecule has 1 unspecified atom stereocenters. The van der Waals surface area contributed by atoms with Crippen LogP contribution in [0.15, 0.2) is 65.5 Å². The Balaban J connectivity index is 0.000000654. The fraction of sp³-hybridized carbons (Fsp3) is 0.564. The van der Waals surface area contributed by atoms with E-state index in [-0.39, 0.29) is 29.1 Å². The number of nitrogens with one attached hydrogen (secondary N) is 1. The predicted octanol–water partition coefficient (Wildman–Crippen LogP) is 6.71. The van der Waals surface area contributed by atoms with E-state index < -0.39 is 12.1 Å². The van der Waals surface area contributed by atoms with Gasteiger partial charge >= 0.3 is 12.1 Å². The van der Waals surface area contributed by atoms with Crippen LogP contribution in [0.2, 0.25) is 0 Å². The average Bonchev–Trinajstić information content (AvgIpc) is 3.34. The third kappa shape index (κ3) is 10.1. The third-order valence-electron chi connectivity index (χ3n) is 10.6. The molecule has 2 aromatic carbocycles. The highest BCUT2D eigenvalue weighted by atomic mass is 19.4. The summed E-state index contributed by atoms with van der Waals surface area (Å²) in [6.07, 6.45) is 5.89. The number of nitrogens with zero attached hydrogens (tertiary/aromatic N) is 4. The lowest BCUT2D eigenvalue weighted by Crippen LogP contribution is -2.51. The number of aliphatic carboxylic acids is 1. The molecule has 1 aromatic heterocycles. The van der Waals surface area contributed by atoms with E-state index in [1.165, 1.54) is 76.8 Å². The number of fused-ring (bicyclic) bond motifs is 3. The van der Waals surface area contributed by atoms with Gasteiger partial charge in [0.1, 0.15) is 5.56 Å². The van der Waals surface area contributed by atoms with Gasteiger partial charge in [-0.25, -0.2) is 4.79 Å². The van der Waals surface area contributed by atoms with Crippen LogP contribution in [-0.2, 0) is 4.79 Å². The van der Waals surface area contributed by atoms with E-state index in [1.807, 2.05) is 38.1 Å². The second-order valence-corrected chi connectivity index (χ2v) is 14.4. The van der Waals surface area contributed by atoms with Crippen molar-refractivity contribution < 1.29 is 27.9 Å². The average molecular weight is 712 g/mol. The first-order chi connectivity index (χ1) is 24.4. The number of halogens is 3. The summed E-state index contributed by atoms with van der Waals surface area (Å²) in [6, 6.07) is 21.7. The number of benzene rings is 2. The molecule has 3 atom stereocenters. The standard InChI is InChI=1S/C37H51N5O2.C2HF3O2/c1-28(2)42-35-16-10-9-13-29(35)25-34(37(42)44)36(43)38-30-26-32-17-18-33(27-30)41(32)20-12-5-3-4-11-19-39-21-23-40(24-22-39)31-14-7-6-8-15-31;3-2(4,5)1(6)7/h6-10,13-16,25,28,30,32-33H,3-5,11-12,17-24,26-27H2,1-2H3,(H,38,43);(H,6,7)/t30?,32-,33+;. The molecule has 3 aliphatic rings. The molecule has 0 spiro atoms. The number of amides is 1. The molecule has 0 radical (unpaired) electrons. The van der Waals surface area contributed by atoms with Crippen molar-refractivity contribution in [3.8, 4) is 0 Å². The van der Waals surface area contributed by atoms with Gasteiger partial charge < -0.3 is 19.9 Å². The van der Waals surface area contributed by atoms with Gasteiger partial charge in [0.25, 0.3) is 11.5 Å². The Labute approximate surface area is 298 Å². The molecule has 3 saturated heterocycles. The number of piperidine rings is 1. The van der Waals surface area contributed by atoms with E-state index in [2.05, 4.69) is 50.3 Å². The molecule has 0 saturated carbocycles. The molecule has 2 bridgehead atoms. The smallest absolute Gasteiger partial charge is 0.475 e. The summed E-state index contributed by atoms with van der Waals surface area (Å²) in [5.74, 6) is -2.97. The van der Waals surface area contributed by atoms with Gasteiger partial charge in [0.05, 0.1) is 5.52 Å². The molecule has 12 heteroatoms. The van der Waals surface area contributed by atoms with Crippen molar-refractivity contribution >= 4 is 28.5 Å². The molecule has 3 aromatic rings. The van der Waals surface area contributed by atoms with Crippen molar-refractivity contribution in [1.29, 1.82) is 0 Å². The Hall–Kier alpha value is -3.90. The molecule has 2 N–H and O–H groups in total. The van der Waals surface area contributed by atoms with Crippen molar-refractivity contribution in [1.82, 2.24) is 19.7 Å². The van der Waals surface area contributed by atoms with Crippen molar-refractivity contribution in [2.75, 3.05) is 44.2 Å². The number of aromatic nitrogens is 1.